The van der Waals surface area contributed by atoms with Gasteiger partial charge in [0.2, 0.25) is 0 Å². The number of rotatable bonds is 5. The van der Waals surface area contributed by atoms with Gasteiger partial charge in [0, 0.05) is 0 Å². The van der Waals surface area contributed by atoms with Gasteiger partial charge in [-0.1, -0.05) is 48.0 Å². The minimum Gasteiger partial charge on any atom is -0.484 e. The lowest BCUT2D eigenvalue weighted by molar-refractivity contribution is -0.121. The summed E-state index contributed by atoms with van der Waals surface area (Å²) in [6.07, 6.45) is 0. The van der Waals surface area contributed by atoms with E-state index < -0.39 is 15.9 Å². The Hall–Kier alpha value is -2.86. The number of ether oxygens (including phenoxy) is 1. The lowest BCUT2D eigenvalue weighted by atomic mass is 10.1. The summed E-state index contributed by atoms with van der Waals surface area (Å²) in [4.78, 5) is 12.1. The highest BCUT2D eigenvalue weighted by Crippen LogP contribution is 2.20. The normalized spacial score (nSPS) is 11.3. The van der Waals surface area contributed by atoms with Crippen molar-refractivity contribution >= 4 is 26.7 Å². The monoisotopic (exact) mass is 369 g/mol. The Kier molecular flexibility index (Phi) is 4.95. The molecule has 0 aromatic heterocycles. The van der Waals surface area contributed by atoms with Crippen molar-refractivity contribution in [2.45, 2.75) is 18.7 Å². The largest absolute Gasteiger partial charge is 0.484 e. The van der Waals surface area contributed by atoms with E-state index in [9.17, 15) is 13.2 Å². The quantitative estimate of drug-likeness (QED) is 0.749. The number of hydrogen-bond donors (Lipinski definition) is 1. The lowest BCUT2D eigenvalue weighted by Crippen LogP contribution is -2.34. The predicted octanol–water partition coefficient (Wildman–Crippen LogP) is 3.34. The van der Waals surface area contributed by atoms with Crippen LogP contribution in [0.5, 0.6) is 5.75 Å². The van der Waals surface area contributed by atoms with Crippen LogP contribution in [-0.2, 0) is 14.8 Å². The first-order valence-electron chi connectivity index (χ1n) is 8.10. The molecular formula is C20H19NO4S. The molecular weight excluding hydrogens is 350 g/mol. The first-order valence-corrected chi connectivity index (χ1v) is 9.58. The number of carbonyl (C=O) groups excluding carboxylic acids is 1. The highest BCUT2D eigenvalue weighted by Gasteiger charge is 2.20. The van der Waals surface area contributed by atoms with Crippen molar-refractivity contribution in [1.29, 1.82) is 0 Å². The van der Waals surface area contributed by atoms with E-state index in [0.29, 0.717) is 11.3 Å². The van der Waals surface area contributed by atoms with Gasteiger partial charge in [-0.3, -0.25) is 4.79 Å². The fraction of sp³-hybridized carbons (Fsp3) is 0.150. The molecule has 0 saturated carbocycles. The van der Waals surface area contributed by atoms with Crippen LogP contribution in [0.15, 0.2) is 65.6 Å². The maximum atomic E-state index is 12.4. The lowest BCUT2D eigenvalue weighted by Gasteiger charge is -2.11. The third-order valence-corrected chi connectivity index (χ3v) is 5.49. The minimum absolute atomic E-state index is 0.0853. The Morgan fingerprint density at radius 2 is 1.69 bits per heavy atom. The number of carbonyl (C=O) groups is 1. The fourth-order valence-electron chi connectivity index (χ4n) is 2.74. The maximum Gasteiger partial charge on any atom is 0.271 e. The number of fused-ring (bicyclic) bond motifs is 1. The van der Waals surface area contributed by atoms with Crippen LogP contribution >= 0.6 is 0 Å². The van der Waals surface area contributed by atoms with E-state index in [-0.39, 0.29) is 11.5 Å². The van der Waals surface area contributed by atoms with Gasteiger partial charge in [-0.05, 0) is 48.4 Å². The highest BCUT2D eigenvalue weighted by molar-refractivity contribution is 7.90. The van der Waals surface area contributed by atoms with Crippen LogP contribution in [0.4, 0.5) is 0 Å². The Balaban J connectivity index is 1.67. The maximum absolute atomic E-state index is 12.4. The van der Waals surface area contributed by atoms with Crippen LogP contribution in [0.3, 0.4) is 0 Å². The average molecular weight is 369 g/mol. The summed E-state index contributed by atoms with van der Waals surface area (Å²) in [6.45, 7) is 3.18. The summed E-state index contributed by atoms with van der Waals surface area (Å²) in [5.74, 6) is -0.221. The Labute approximate surface area is 152 Å². The predicted molar refractivity (Wildman–Crippen MR) is 101 cm³/mol. The number of hydrogen-bond acceptors (Lipinski definition) is 4. The zero-order chi connectivity index (χ0) is 18.7. The van der Waals surface area contributed by atoms with E-state index in [0.717, 1.165) is 16.3 Å². The molecule has 3 rings (SSSR count). The first-order chi connectivity index (χ1) is 12.3. The molecule has 0 spiro atoms. The topological polar surface area (TPSA) is 72.5 Å². The number of benzene rings is 3. The zero-order valence-corrected chi connectivity index (χ0v) is 15.3. The van der Waals surface area contributed by atoms with Gasteiger partial charge < -0.3 is 4.74 Å². The van der Waals surface area contributed by atoms with Gasteiger partial charge in [0.1, 0.15) is 5.75 Å². The third-order valence-electron chi connectivity index (χ3n) is 3.96. The van der Waals surface area contributed by atoms with Crippen molar-refractivity contribution in [3.63, 3.8) is 0 Å². The van der Waals surface area contributed by atoms with E-state index in [1.54, 1.807) is 31.2 Å². The molecule has 0 atom stereocenters. The van der Waals surface area contributed by atoms with Crippen molar-refractivity contribution in [1.82, 2.24) is 4.72 Å². The van der Waals surface area contributed by atoms with E-state index in [4.69, 9.17) is 4.74 Å². The Morgan fingerprint density at radius 3 is 2.42 bits per heavy atom. The zero-order valence-electron chi connectivity index (χ0n) is 14.5. The fourth-order valence-corrected chi connectivity index (χ4v) is 3.94. The average Bonchev–Trinajstić information content (AvgIpc) is 2.59. The molecule has 0 fully saturated rings. The Morgan fingerprint density at radius 1 is 0.962 bits per heavy atom. The molecule has 3 aromatic rings. The van der Waals surface area contributed by atoms with Gasteiger partial charge in [0.05, 0.1) is 4.90 Å². The van der Waals surface area contributed by atoms with Crippen LogP contribution in [0.25, 0.3) is 10.8 Å². The summed E-state index contributed by atoms with van der Waals surface area (Å²) >= 11 is 0. The van der Waals surface area contributed by atoms with Gasteiger partial charge in [-0.2, -0.15) is 0 Å². The van der Waals surface area contributed by atoms with Crippen molar-refractivity contribution in [3.05, 3.63) is 71.8 Å². The minimum atomic E-state index is -3.93. The summed E-state index contributed by atoms with van der Waals surface area (Å²) in [5.41, 5.74) is 1.54. The molecule has 0 radical (unpaired) electrons. The van der Waals surface area contributed by atoms with Gasteiger partial charge in [0.25, 0.3) is 15.9 Å². The molecule has 5 nitrogen and oxygen atoms in total. The molecule has 1 N–H and O–H groups in total. The SMILES string of the molecule is Cc1ccc(S(=O)(=O)NC(=O)COc2ccc3ccccc3c2)c(C)c1. The van der Waals surface area contributed by atoms with E-state index in [1.165, 1.54) is 6.07 Å². The second-order valence-corrected chi connectivity index (χ2v) is 7.75. The van der Waals surface area contributed by atoms with Crippen LogP contribution < -0.4 is 9.46 Å². The first kappa shape index (κ1) is 17.9. The summed E-state index contributed by atoms with van der Waals surface area (Å²) < 4.78 is 32.2. The van der Waals surface area contributed by atoms with E-state index in [2.05, 4.69) is 0 Å². The van der Waals surface area contributed by atoms with Crippen molar-refractivity contribution in [3.8, 4) is 5.75 Å². The van der Waals surface area contributed by atoms with E-state index in [1.807, 2.05) is 42.0 Å². The van der Waals surface area contributed by atoms with Crippen LogP contribution in [0.1, 0.15) is 11.1 Å². The molecule has 6 heteroatoms. The molecule has 0 heterocycles. The van der Waals surface area contributed by atoms with Gasteiger partial charge in [-0.15, -0.1) is 0 Å². The van der Waals surface area contributed by atoms with Crippen LogP contribution in [0.2, 0.25) is 0 Å². The number of amides is 1. The van der Waals surface area contributed by atoms with Gasteiger partial charge in [-0.25, -0.2) is 13.1 Å². The molecule has 0 aliphatic rings. The smallest absolute Gasteiger partial charge is 0.271 e. The summed E-state index contributed by atoms with van der Waals surface area (Å²) in [6, 6.07) is 18.1. The van der Waals surface area contributed by atoms with Gasteiger partial charge >= 0.3 is 0 Å². The molecule has 26 heavy (non-hydrogen) atoms. The third kappa shape index (κ3) is 4.03. The number of aryl methyl sites for hydroxylation is 2. The second kappa shape index (κ2) is 7.17. The van der Waals surface area contributed by atoms with Crippen molar-refractivity contribution in [2.24, 2.45) is 0 Å². The summed E-state index contributed by atoms with van der Waals surface area (Å²) in [5, 5.41) is 2.04. The molecule has 0 unspecified atom stereocenters. The van der Waals surface area contributed by atoms with Crippen LogP contribution in [-0.4, -0.2) is 20.9 Å². The van der Waals surface area contributed by atoms with Crippen molar-refractivity contribution < 1.29 is 17.9 Å². The number of nitrogens with one attached hydrogen (secondary N) is 1. The Bertz CT molecular complexity index is 1070. The number of sulfonamides is 1. The molecule has 0 bridgehead atoms. The van der Waals surface area contributed by atoms with E-state index >= 15 is 0 Å². The standard InChI is InChI=1S/C20H19NO4S/c1-14-7-10-19(15(2)11-14)26(23,24)21-20(22)13-25-18-9-8-16-5-3-4-6-17(16)12-18/h3-12H,13H2,1-2H3,(H,21,22). The highest BCUT2D eigenvalue weighted by atomic mass is 32.2. The van der Waals surface area contributed by atoms with Crippen molar-refractivity contribution in [2.75, 3.05) is 6.61 Å². The molecule has 3 aromatic carbocycles. The molecule has 1 amide bonds. The molecule has 0 aliphatic heterocycles. The summed E-state index contributed by atoms with van der Waals surface area (Å²) in [7, 11) is -3.93. The second-order valence-electron chi connectivity index (χ2n) is 6.10. The van der Waals surface area contributed by atoms with Crippen LogP contribution in [0, 0.1) is 13.8 Å². The molecule has 0 saturated heterocycles. The molecule has 134 valence electrons. The molecule has 0 aliphatic carbocycles. The van der Waals surface area contributed by atoms with Gasteiger partial charge in [0.15, 0.2) is 6.61 Å².